The van der Waals surface area contributed by atoms with Crippen molar-refractivity contribution in [1.82, 2.24) is 20.9 Å². The van der Waals surface area contributed by atoms with E-state index in [0.717, 1.165) is 12.8 Å². The van der Waals surface area contributed by atoms with Gasteiger partial charge in [0.15, 0.2) is 5.78 Å². The van der Waals surface area contributed by atoms with Crippen molar-refractivity contribution >= 4 is 35.3 Å². The number of ketones is 2. The summed E-state index contributed by atoms with van der Waals surface area (Å²) in [6.45, 7) is 15.2. The number of nitrogens with one attached hydrogen (secondary N) is 3. The van der Waals surface area contributed by atoms with Gasteiger partial charge in [0.05, 0.1) is 12.1 Å². The highest BCUT2D eigenvalue weighted by Gasteiger charge is 2.48. The van der Waals surface area contributed by atoms with E-state index in [-0.39, 0.29) is 30.1 Å². The first-order chi connectivity index (χ1) is 20.8. The zero-order valence-corrected chi connectivity index (χ0v) is 27.9. The highest BCUT2D eigenvalue weighted by atomic mass is 16.2. The standard InChI is InChI=1S/C34H51N5O6/c1-19(2)22-16-17-39(24(22)30(43)36-23(18-20-14-15-20)26(41)29(35)42)31(44)28(34(6,7)8)38-32(45)37-27(33(3,4)5)25(40)21-12-10-9-11-13-21/h9-13,19-20,22-24,27-28H,14-18H2,1-8H3,(H2,35,42)(H,36,43)(H2,37,38,45)/t22-,23?,24+,27-,28-/m1/s1. The highest BCUT2D eigenvalue weighted by Crippen LogP contribution is 2.35. The van der Waals surface area contributed by atoms with Gasteiger partial charge in [-0.25, -0.2) is 4.79 Å². The van der Waals surface area contributed by atoms with E-state index in [1.54, 1.807) is 30.3 Å². The van der Waals surface area contributed by atoms with Gasteiger partial charge in [-0.3, -0.25) is 24.0 Å². The molecule has 11 heteroatoms. The Morgan fingerprint density at radius 1 is 0.844 bits per heavy atom. The van der Waals surface area contributed by atoms with E-state index < -0.39 is 64.5 Å². The number of carbonyl (C=O) groups excluding carboxylic acids is 6. The molecule has 5 atom stereocenters. The summed E-state index contributed by atoms with van der Waals surface area (Å²) in [5.74, 6) is -3.10. The quantitative estimate of drug-likeness (QED) is 0.206. The summed E-state index contributed by atoms with van der Waals surface area (Å²) in [7, 11) is 0. The molecule has 0 spiro atoms. The molecule has 248 valence electrons. The summed E-state index contributed by atoms with van der Waals surface area (Å²) in [5.41, 5.74) is 4.36. The van der Waals surface area contributed by atoms with Gasteiger partial charge in [0.25, 0.3) is 5.91 Å². The van der Waals surface area contributed by atoms with Crippen molar-refractivity contribution in [2.45, 2.75) is 105 Å². The second-order valence-electron chi connectivity index (χ2n) is 15.1. The molecule has 3 rings (SSSR count). The monoisotopic (exact) mass is 625 g/mol. The predicted molar refractivity (Wildman–Crippen MR) is 171 cm³/mol. The lowest BCUT2D eigenvalue weighted by atomic mass is 9.82. The lowest BCUT2D eigenvalue weighted by molar-refractivity contribution is -0.144. The van der Waals surface area contributed by atoms with Crippen LogP contribution < -0.4 is 21.7 Å². The Hall–Kier alpha value is -3.76. The number of nitrogens with two attached hydrogens (primary N) is 1. The minimum atomic E-state index is -1.11. The van der Waals surface area contributed by atoms with E-state index in [2.05, 4.69) is 16.0 Å². The molecular formula is C34H51N5O6. The SMILES string of the molecule is CC(C)[C@H]1CCN(C(=O)[C@@H](NC(=O)N[C@H](C(=O)c2ccccc2)C(C)(C)C)C(C)(C)C)[C@@H]1C(=O)NC(CC1CC1)C(=O)C(N)=O. The average molecular weight is 626 g/mol. The van der Waals surface area contributed by atoms with Crippen LogP contribution in [0.1, 0.15) is 91.4 Å². The number of benzene rings is 1. The summed E-state index contributed by atoms with van der Waals surface area (Å²) < 4.78 is 0. The number of likely N-dealkylation sites (tertiary alicyclic amines) is 1. The number of amides is 5. The Labute approximate surface area is 266 Å². The van der Waals surface area contributed by atoms with E-state index in [1.807, 2.05) is 55.4 Å². The normalized spacial score (nSPS) is 20.6. The van der Waals surface area contributed by atoms with E-state index in [0.29, 0.717) is 18.4 Å². The van der Waals surface area contributed by atoms with E-state index >= 15 is 0 Å². The molecule has 2 fully saturated rings. The third kappa shape index (κ3) is 9.14. The fourth-order valence-electron chi connectivity index (χ4n) is 6.01. The number of Topliss-reactive ketones (excluding diaryl/α,β-unsaturated/α-hetero) is 2. The number of primary amides is 1. The molecule has 1 heterocycles. The molecule has 1 aromatic carbocycles. The largest absolute Gasteiger partial charge is 0.363 e. The van der Waals surface area contributed by atoms with Crippen LogP contribution in [0.15, 0.2) is 30.3 Å². The predicted octanol–water partition coefficient (Wildman–Crippen LogP) is 3.21. The third-order valence-electron chi connectivity index (χ3n) is 8.84. The van der Waals surface area contributed by atoms with Crippen molar-refractivity contribution in [3.63, 3.8) is 0 Å². The highest BCUT2D eigenvalue weighted by molar-refractivity contribution is 6.37. The van der Waals surface area contributed by atoms with Crippen LogP contribution >= 0.6 is 0 Å². The Morgan fingerprint density at radius 2 is 1.40 bits per heavy atom. The van der Waals surface area contributed by atoms with Crippen LogP contribution in [0.2, 0.25) is 0 Å². The van der Waals surface area contributed by atoms with Gasteiger partial charge in [-0.1, -0.05) is 98.6 Å². The minimum Gasteiger partial charge on any atom is -0.363 e. The molecule has 0 bridgehead atoms. The number of carbonyl (C=O) groups is 6. The van der Waals surface area contributed by atoms with Crippen LogP contribution in [0.4, 0.5) is 4.79 Å². The van der Waals surface area contributed by atoms with Gasteiger partial charge in [0, 0.05) is 12.1 Å². The maximum absolute atomic E-state index is 14.3. The first-order valence-corrected chi connectivity index (χ1v) is 15.9. The molecule has 1 saturated heterocycles. The van der Waals surface area contributed by atoms with Crippen molar-refractivity contribution in [3.8, 4) is 0 Å². The zero-order valence-electron chi connectivity index (χ0n) is 27.9. The van der Waals surface area contributed by atoms with Gasteiger partial charge in [-0.2, -0.15) is 0 Å². The molecule has 1 aromatic rings. The van der Waals surface area contributed by atoms with E-state index in [9.17, 15) is 28.8 Å². The maximum Gasteiger partial charge on any atom is 0.316 e. The molecule has 0 aromatic heterocycles. The summed E-state index contributed by atoms with van der Waals surface area (Å²) >= 11 is 0. The second kappa shape index (κ2) is 14.1. The van der Waals surface area contributed by atoms with Gasteiger partial charge in [-0.15, -0.1) is 0 Å². The molecular weight excluding hydrogens is 574 g/mol. The summed E-state index contributed by atoms with van der Waals surface area (Å²) in [6.07, 6.45) is 2.70. The molecule has 1 unspecified atom stereocenters. The molecule has 1 aliphatic heterocycles. The van der Waals surface area contributed by atoms with Gasteiger partial charge in [0.2, 0.25) is 17.6 Å². The zero-order chi connectivity index (χ0) is 33.9. The van der Waals surface area contributed by atoms with Crippen LogP contribution in [0.3, 0.4) is 0 Å². The Morgan fingerprint density at radius 3 is 1.89 bits per heavy atom. The number of hydrogen-bond acceptors (Lipinski definition) is 6. The van der Waals surface area contributed by atoms with Crippen molar-refractivity contribution in [2.75, 3.05) is 6.54 Å². The number of rotatable bonds is 12. The van der Waals surface area contributed by atoms with Crippen molar-refractivity contribution in [2.24, 2.45) is 34.3 Å². The van der Waals surface area contributed by atoms with Crippen molar-refractivity contribution < 1.29 is 28.8 Å². The second-order valence-corrected chi connectivity index (χ2v) is 15.1. The van der Waals surface area contributed by atoms with Crippen LogP contribution in [0, 0.1) is 28.6 Å². The Balaban J connectivity index is 1.85. The molecule has 1 aliphatic carbocycles. The maximum atomic E-state index is 14.3. The number of hydrogen-bond donors (Lipinski definition) is 4. The van der Waals surface area contributed by atoms with Gasteiger partial charge < -0.3 is 26.6 Å². The topological polar surface area (TPSA) is 168 Å². The lowest BCUT2D eigenvalue weighted by Crippen LogP contribution is -2.62. The van der Waals surface area contributed by atoms with Gasteiger partial charge in [0.1, 0.15) is 12.1 Å². The van der Waals surface area contributed by atoms with Crippen LogP contribution in [0.5, 0.6) is 0 Å². The molecule has 45 heavy (non-hydrogen) atoms. The first-order valence-electron chi connectivity index (χ1n) is 15.9. The van der Waals surface area contributed by atoms with Crippen LogP contribution in [0.25, 0.3) is 0 Å². The molecule has 1 saturated carbocycles. The van der Waals surface area contributed by atoms with E-state index in [4.69, 9.17) is 5.73 Å². The lowest BCUT2D eigenvalue weighted by Gasteiger charge is -2.38. The molecule has 5 amide bonds. The minimum absolute atomic E-state index is 0.0353. The summed E-state index contributed by atoms with van der Waals surface area (Å²) in [6, 6.07) is 4.15. The molecule has 5 N–H and O–H groups in total. The smallest absolute Gasteiger partial charge is 0.316 e. The van der Waals surface area contributed by atoms with Gasteiger partial charge in [-0.05, 0) is 41.4 Å². The average Bonchev–Trinajstić information content (AvgIpc) is 3.65. The number of urea groups is 1. The van der Waals surface area contributed by atoms with E-state index in [1.165, 1.54) is 4.90 Å². The van der Waals surface area contributed by atoms with Crippen LogP contribution in [-0.2, 0) is 19.2 Å². The number of nitrogens with zero attached hydrogens (tertiary/aromatic N) is 1. The molecule has 0 radical (unpaired) electrons. The van der Waals surface area contributed by atoms with Crippen molar-refractivity contribution in [3.05, 3.63) is 35.9 Å². The Kier molecular flexibility index (Phi) is 11.2. The first kappa shape index (κ1) is 35.7. The molecule has 2 aliphatic rings. The summed E-state index contributed by atoms with van der Waals surface area (Å²) in [5, 5.41) is 8.37. The third-order valence-corrected chi connectivity index (χ3v) is 8.84. The Bertz CT molecular complexity index is 1280. The van der Waals surface area contributed by atoms with Gasteiger partial charge >= 0.3 is 6.03 Å². The van der Waals surface area contributed by atoms with Crippen molar-refractivity contribution in [1.29, 1.82) is 0 Å². The van der Waals surface area contributed by atoms with Crippen LogP contribution in [-0.4, -0.2) is 70.9 Å². The summed E-state index contributed by atoms with van der Waals surface area (Å²) in [4.78, 5) is 80.8. The molecule has 11 nitrogen and oxygen atoms in total. The fourth-order valence-corrected chi connectivity index (χ4v) is 6.01. The fraction of sp³-hybridized carbons (Fsp3) is 0.647.